The Bertz CT molecular complexity index is 687. The number of hydrogen-bond donors (Lipinski definition) is 1. The number of piperidine rings is 1. The summed E-state index contributed by atoms with van der Waals surface area (Å²) in [6, 6.07) is 0. The lowest BCUT2D eigenvalue weighted by Crippen LogP contribution is -2.36. The van der Waals surface area contributed by atoms with Gasteiger partial charge >= 0.3 is 0 Å². The molecule has 2 aromatic heterocycles. The number of nitrogens with zero attached hydrogens (tertiary/aromatic N) is 5. The van der Waals surface area contributed by atoms with Crippen LogP contribution in [-0.4, -0.2) is 49.0 Å². The summed E-state index contributed by atoms with van der Waals surface area (Å²) >= 11 is 0. The Hall–Kier alpha value is -2.31. The zero-order valence-electron chi connectivity index (χ0n) is 12.3. The third-order valence-electron chi connectivity index (χ3n) is 4.22. The molecule has 4 rings (SSSR count). The molecule has 1 saturated heterocycles. The van der Waals surface area contributed by atoms with Gasteiger partial charge in [-0.25, -0.2) is 15.0 Å². The van der Waals surface area contributed by atoms with Crippen LogP contribution in [0.3, 0.4) is 0 Å². The fraction of sp³-hybridized carbons (Fsp3) is 0.533. The van der Waals surface area contributed by atoms with Crippen molar-refractivity contribution in [1.29, 1.82) is 0 Å². The van der Waals surface area contributed by atoms with Crippen molar-refractivity contribution in [3.05, 3.63) is 23.9 Å². The Morgan fingerprint density at radius 3 is 2.68 bits per heavy atom. The predicted molar refractivity (Wildman–Crippen MR) is 79.1 cm³/mol. The number of carbonyl (C=O) groups is 1. The van der Waals surface area contributed by atoms with Crippen LogP contribution in [0.5, 0.6) is 0 Å². The fourth-order valence-corrected chi connectivity index (χ4v) is 2.82. The number of likely N-dealkylation sites (tertiary alicyclic amines) is 1. The number of carbonyl (C=O) groups excluding carboxylic acids is 1. The molecule has 114 valence electrons. The van der Waals surface area contributed by atoms with Gasteiger partial charge in [0.05, 0.1) is 0 Å². The molecule has 2 aromatic rings. The van der Waals surface area contributed by atoms with Gasteiger partial charge in [-0.2, -0.15) is 5.10 Å². The van der Waals surface area contributed by atoms with Crippen LogP contribution in [0.15, 0.2) is 12.4 Å². The summed E-state index contributed by atoms with van der Waals surface area (Å²) < 4.78 is 0. The number of rotatable bonds is 3. The predicted octanol–water partition coefficient (Wildman–Crippen LogP) is 1.77. The van der Waals surface area contributed by atoms with Crippen molar-refractivity contribution in [3.8, 4) is 11.5 Å². The second-order valence-electron chi connectivity index (χ2n) is 5.92. The second-order valence-corrected chi connectivity index (χ2v) is 5.92. The van der Waals surface area contributed by atoms with E-state index in [-0.39, 0.29) is 5.91 Å². The smallest absolute Gasteiger partial charge is 0.274 e. The molecule has 2 aliphatic rings. The Balaban J connectivity index is 1.65. The maximum atomic E-state index is 12.7. The van der Waals surface area contributed by atoms with Gasteiger partial charge in [0.15, 0.2) is 5.69 Å². The van der Waals surface area contributed by atoms with Gasteiger partial charge in [-0.1, -0.05) is 0 Å². The molecule has 2 fully saturated rings. The summed E-state index contributed by atoms with van der Waals surface area (Å²) in [5.74, 6) is 1.77. The maximum Gasteiger partial charge on any atom is 0.274 e. The Labute approximate surface area is 128 Å². The van der Waals surface area contributed by atoms with Crippen molar-refractivity contribution in [1.82, 2.24) is 30.0 Å². The summed E-state index contributed by atoms with van der Waals surface area (Å²) in [6.07, 6.45) is 8.71. The van der Waals surface area contributed by atoms with Gasteiger partial charge in [0, 0.05) is 31.4 Å². The van der Waals surface area contributed by atoms with Gasteiger partial charge < -0.3 is 4.90 Å². The largest absolute Gasteiger partial charge is 0.337 e. The quantitative estimate of drug-likeness (QED) is 0.933. The maximum absolute atomic E-state index is 12.7. The first-order valence-corrected chi connectivity index (χ1v) is 7.86. The molecule has 0 radical (unpaired) electrons. The second kappa shape index (κ2) is 5.47. The SMILES string of the molecule is O=C(c1nccnc1-c1n[nH]c(C2CC2)n1)N1CCCCC1. The van der Waals surface area contributed by atoms with Crippen LogP contribution in [0.2, 0.25) is 0 Å². The number of H-pyrrole nitrogens is 1. The third kappa shape index (κ3) is 2.47. The van der Waals surface area contributed by atoms with Gasteiger partial charge in [-0.15, -0.1) is 0 Å². The van der Waals surface area contributed by atoms with E-state index in [1.54, 1.807) is 12.4 Å². The molecule has 0 bridgehead atoms. The number of aromatic amines is 1. The molecule has 7 heteroatoms. The zero-order valence-corrected chi connectivity index (χ0v) is 12.3. The minimum absolute atomic E-state index is 0.0689. The van der Waals surface area contributed by atoms with Gasteiger partial charge in [0.25, 0.3) is 5.91 Å². The van der Waals surface area contributed by atoms with Crippen molar-refractivity contribution in [2.75, 3.05) is 13.1 Å². The highest BCUT2D eigenvalue weighted by Gasteiger charge is 2.29. The number of hydrogen-bond acceptors (Lipinski definition) is 5. The van der Waals surface area contributed by atoms with E-state index in [1.807, 2.05) is 4.90 Å². The minimum Gasteiger partial charge on any atom is -0.337 e. The van der Waals surface area contributed by atoms with Crippen LogP contribution in [0.4, 0.5) is 0 Å². The standard InChI is InChI=1S/C15H18N6O/c22-15(21-8-2-1-3-9-21)12-11(16-6-7-17-12)14-18-13(19-20-14)10-4-5-10/h6-7,10H,1-5,8-9H2,(H,18,19,20). The minimum atomic E-state index is -0.0689. The monoisotopic (exact) mass is 298 g/mol. The molecule has 0 spiro atoms. The summed E-state index contributed by atoms with van der Waals surface area (Å²) in [5.41, 5.74) is 0.826. The normalized spacial score (nSPS) is 18.5. The molecule has 1 saturated carbocycles. The van der Waals surface area contributed by atoms with Crippen molar-refractivity contribution >= 4 is 5.91 Å². The van der Waals surface area contributed by atoms with Crippen LogP contribution in [-0.2, 0) is 0 Å². The van der Waals surface area contributed by atoms with E-state index < -0.39 is 0 Å². The zero-order chi connectivity index (χ0) is 14.9. The van der Waals surface area contributed by atoms with E-state index in [2.05, 4.69) is 25.1 Å². The highest BCUT2D eigenvalue weighted by molar-refractivity contribution is 5.97. The fourth-order valence-electron chi connectivity index (χ4n) is 2.82. The lowest BCUT2D eigenvalue weighted by Gasteiger charge is -2.26. The van der Waals surface area contributed by atoms with Gasteiger partial charge in [0.1, 0.15) is 11.5 Å². The number of nitrogens with one attached hydrogen (secondary N) is 1. The van der Waals surface area contributed by atoms with E-state index in [0.29, 0.717) is 23.1 Å². The molecular formula is C15H18N6O. The van der Waals surface area contributed by atoms with Gasteiger partial charge in [-0.3, -0.25) is 9.89 Å². The van der Waals surface area contributed by atoms with Crippen LogP contribution in [0.1, 0.15) is 54.3 Å². The summed E-state index contributed by atoms with van der Waals surface area (Å²) in [6.45, 7) is 1.58. The van der Waals surface area contributed by atoms with E-state index in [1.165, 1.54) is 6.42 Å². The highest BCUT2D eigenvalue weighted by atomic mass is 16.2. The van der Waals surface area contributed by atoms with E-state index in [9.17, 15) is 4.79 Å². The van der Waals surface area contributed by atoms with Crippen molar-refractivity contribution in [3.63, 3.8) is 0 Å². The molecule has 0 atom stereocenters. The molecule has 0 unspecified atom stereocenters. The first-order valence-electron chi connectivity index (χ1n) is 7.86. The average Bonchev–Trinajstić information content (AvgIpc) is 3.32. The molecule has 1 aliphatic carbocycles. The molecule has 0 aromatic carbocycles. The third-order valence-corrected chi connectivity index (χ3v) is 4.22. The molecule has 1 aliphatic heterocycles. The molecule has 3 heterocycles. The van der Waals surface area contributed by atoms with Crippen molar-refractivity contribution in [2.24, 2.45) is 0 Å². The van der Waals surface area contributed by atoms with Crippen LogP contribution in [0, 0.1) is 0 Å². The first kappa shape index (κ1) is 13.4. The lowest BCUT2D eigenvalue weighted by molar-refractivity contribution is 0.0718. The molecule has 1 N–H and O–H groups in total. The molecule has 22 heavy (non-hydrogen) atoms. The van der Waals surface area contributed by atoms with Gasteiger partial charge in [-0.05, 0) is 32.1 Å². The van der Waals surface area contributed by atoms with Crippen LogP contribution >= 0.6 is 0 Å². The van der Waals surface area contributed by atoms with Crippen molar-refractivity contribution in [2.45, 2.75) is 38.0 Å². The number of aromatic nitrogens is 5. The lowest BCUT2D eigenvalue weighted by atomic mass is 10.1. The van der Waals surface area contributed by atoms with E-state index >= 15 is 0 Å². The topological polar surface area (TPSA) is 87.7 Å². The Kier molecular flexibility index (Phi) is 3.32. The van der Waals surface area contributed by atoms with E-state index in [0.717, 1.165) is 44.6 Å². The first-order chi connectivity index (χ1) is 10.8. The van der Waals surface area contributed by atoms with Crippen LogP contribution < -0.4 is 0 Å². The Morgan fingerprint density at radius 2 is 1.91 bits per heavy atom. The Morgan fingerprint density at radius 1 is 1.14 bits per heavy atom. The molecular weight excluding hydrogens is 280 g/mol. The van der Waals surface area contributed by atoms with Gasteiger partial charge in [0.2, 0.25) is 5.82 Å². The average molecular weight is 298 g/mol. The molecule has 1 amide bonds. The number of amides is 1. The summed E-state index contributed by atoms with van der Waals surface area (Å²) in [7, 11) is 0. The summed E-state index contributed by atoms with van der Waals surface area (Å²) in [4.78, 5) is 27.6. The van der Waals surface area contributed by atoms with E-state index in [4.69, 9.17) is 0 Å². The molecule has 7 nitrogen and oxygen atoms in total. The van der Waals surface area contributed by atoms with Crippen LogP contribution in [0.25, 0.3) is 11.5 Å². The summed E-state index contributed by atoms with van der Waals surface area (Å²) in [5, 5.41) is 7.18. The van der Waals surface area contributed by atoms with Crippen molar-refractivity contribution < 1.29 is 4.79 Å². The highest BCUT2D eigenvalue weighted by Crippen LogP contribution is 2.38.